The van der Waals surface area contributed by atoms with Gasteiger partial charge in [0, 0.05) is 18.2 Å². The number of aryl methyl sites for hydroxylation is 1. The second-order valence-corrected chi connectivity index (χ2v) is 4.76. The van der Waals surface area contributed by atoms with Crippen LogP contribution in [-0.2, 0) is 4.79 Å². The van der Waals surface area contributed by atoms with E-state index in [9.17, 15) is 9.59 Å². The Bertz CT molecular complexity index is 465. The molecule has 0 bridgehead atoms. The zero-order valence-corrected chi connectivity index (χ0v) is 10.5. The molecule has 98 valence electrons. The number of hydrogen-bond donors (Lipinski definition) is 1. The number of furan rings is 1. The van der Waals surface area contributed by atoms with E-state index in [1.807, 2.05) is 0 Å². The van der Waals surface area contributed by atoms with Gasteiger partial charge < -0.3 is 14.4 Å². The monoisotopic (exact) mass is 251 g/mol. The van der Waals surface area contributed by atoms with Crippen LogP contribution in [0.15, 0.2) is 16.7 Å². The van der Waals surface area contributed by atoms with Crippen LogP contribution in [0.2, 0.25) is 0 Å². The molecule has 5 heteroatoms. The molecule has 0 aromatic carbocycles. The third-order valence-corrected chi connectivity index (χ3v) is 3.62. The van der Waals surface area contributed by atoms with Crippen molar-refractivity contribution in [3.05, 3.63) is 23.7 Å². The average molecular weight is 251 g/mol. The number of carboxylic acids is 1. The lowest BCUT2D eigenvalue weighted by atomic mass is 9.90. The second-order valence-electron chi connectivity index (χ2n) is 4.76. The van der Waals surface area contributed by atoms with Crippen LogP contribution in [0.5, 0.6) is 0 Å². The number of aliphatic carboxylic acids is 1. The van der Waals surface area contributed by atoms with E-state index in [-0.39, 0.29) is 11.9 Å². The van der Waals surface area contributed by atoms with Gasteiger partial charge in [0.25, 0.3) is 5.91 Å². The number of carboxylic acid groups (broad SMARTS) is 1. The third kappa shape index (κ3) is 2.12. The topological polar surface area (TPSA) is 70.8 Å². The number of rotatable bonds is 2. The minimum Gasteiger partial charge on any atom is -0.481 e. The Morgan fingerprint density at radius 2 is 2.22 bits per heavy atom. The van der Waals surface area contributed by atoms with E-state index in [0.29, 0.717) is 25.1 Å². The van der Waals surface area contributed by atoms with Gasteiger partial charge in [-0.3, -0.25) is 9.59 Å². The number of nitrogens with zero attached hydrogens (tertiary/aromatic N) is 1. The molecule has 2 heterocycles. The normalized spacial score (nSPS) is 24.0. The molecular weight excluding hydrogens is 234 g/mol. The Morgan fingerprint density at radius 3 is 2.78 bits per heavy atom. The SMILES string of the molecule is Cc1ccoc1C(=O)N1CCC[C@@H](C(=O)O)[C@H]1C. The highest BCUT2D eigenvalue weighted by atomic mass is 16.4. The minimum atomic E-state index is -0.837. The summed E-state index contributed by atoms with van der Waals surface area (Å²) in [6.07, 6.45) is 2.82. The Labute approximate surface area is 105 Å². The van der Waals surface area contributed by atoms with Crippen LogP contribution in [0.25, 0.3) is 0 Å². The van der Waals surface area contributed by atoms with Crippen LogP contribution in [-0.4, -0.2) is 34.5 Å². The third-order valence-electron chi connectivity index (χ3n) is 3.62. The summed E-state index contributed by atoms with van der Waals surface area (Å²) in [7, 11) is 0. The molecule has 1 amide bonds. The largest absolute Gasteiger partial charge is 0.481 e. The number of carbonyl (C=O) groups excluding carboxylic acids is 1. The smallest absolute Gasteiger partial charge is 0.308 e. The molecule has 1 aliphatic heterocycles. The van der Waals surface area contributed by atoms with E-state index in [1.165, 1.54) is 6.26 Å². The molecule has 1 N–H and O–H groups in total. The standard InChI is InChI=1S/C13H17NO4/c1-8-5-7-18-11(8)12(15)14-6-3-4-10(9(14)2)13(16)17/h5,7,9-10H,3-4,6H2,1-2H3,(H,16,17)/t9-,10-/m1/s1. The van der Waals surface area contributed by atoms with Crippen molar-refractivity contribution in [3.8, 4) is 0 Å². The first kappa shape index (κ1) is 12.7. The van der Waals surface area contributed by atoms with Gasteiger partial charge in [0.1, 0.15) is 0 Å². The van der Waals surface area contributed by atoms with Crippen molar-refractivity contribution < 1.29 is 19.1 Å². The molecule has 1 saturated heterocycles. The molecule has 1 aliphatic rings. The molecule has 0 spiro atoms. The molecule has 1 aromatic rings. The van der Waals surface area contributed by atoms with Crippen molar-refractivity contribution >= 4 is 11.9 Å². The van der Waals surface area contributed by atoms with Gasteiger partial charge in [0.2, 0.25) is 0 Å². The van der Waals surface area contributed by atoms with Gasteiger partial charge in [-0.15, -0.1) is 0 Å². The van der Waals surface area contributed by atoms with Crippen molar-refractivity contribution in [1.82, 2.24) is 4.90 Å². The lowest BCUT2D eigenvalue weighted by molar-refractivity contribution is -0.145. The minimum absolute atomic E-state index is 0.212. The molecule has 2 rings (SSSR count). The lowest BCUT2D eigenvalue weighted by Crippen LogP contribution is -2.49. The molecule has 0 saturated carbocycles. The first-order valence-electron chi connectivity index (χ1n) is 6.10. The lowest BCUT2D eigenvalue weighted by Gasteiger charge is -2.37. The van der Waals surface area contributed by atoms with Gasteiger partial charge in [-0.25, -0.2) is 0 Å². The molecule has 5 nitrogen and oxygen atoms in total. The highest BCUT2D eigenvalue weighted by molar-refractivity contribution is 5.93. The maximum atomic E-state index is 12.3. The van der Waals surface area contributed by atoms with Crippen LogP contribution in [0.4, 0.5) is 0 Å². The van der Waals surface area contributed by atoms with Crippen molar-refractivity contribution in [2.75, 3.05) is 6.54 Å². The summed E-state index contributed by atoms with van der Waals surface area (Å²) in [5.41, 5.74) is 0.782. The number of likely N-dealkylation sites (tertiary alicyclic amines) is 1. The van der Waals surface area contributed by atoms with E-state index in [2.05, 4.69) is 0 Å². The number of piperidine rings is 1. The maximum Gasteiger partial charge on any atom is 0.308 e. The van der Waals surface area contributed by atoms with Crippen LogP contribution in [0.1, 0.15) is 35.9 Å². The fourth-order valence-electron chi connectivity index (χ4n) is 2.48. The van der Waals surface area contributed by atoms with E-state index in [0.717, 1.165) is 5.56 Å². The molecule has 2 atom stereocenters. The summed E-state index contributed by atoms with van der Waals surface area (Å²) in [5, 5.41) is 9.13. The van der Waals surface area contributed by atoms with Gasteiger partial charge in [0.15, 0.2) is 5.76 Å². The Morgan fingerprint density at radius 1 is 1.50 bits per heavy atom. The summed E-state index contributed by atoms with van der Waals surface area (Å²) < 4.78 is 5.18. The van der Waals surface area contributed by atoms with Gasteiger partial charge >= 0.3 is 5.97 Å². The summed E-state index contributed by atoms with van der Waals surface area (Å²) in [4.78, 5) is 25.0. The zero-order valence-electron chi connectivity index (χ0n) is 10.5. The summed E-state index contributed by atoms with van der Waals surface area (Å²) in [6, 6.07) is 1.43. The maximum absolute atomic E-state index is 12.3. The van der Waals surface area contributed by atoms with E-state index < -0.39 is 11.9 Å². The summed E-state index contributed by atoms with van der Waals surface area (Å²) in [5.74, 6) is -1.22. The van der Waals surface area contributed by atoms with Crippen molar-refractivity contribution in [2.24, 2.45) is 5.92 Å². The highest BCUT2D eigenvalue weighted by Gasteiger charge is 2.36. The quantitative estimate of drug-likeness (QED) is 0.871. The van der Waals surface area contributed by atoms with Crippen molar-refractivity contribution in [2.45, 2.75) is 32.7 Å². The first-order chi connectivity index (χ1) is 8.52. The van der Waals surface area contributed by atoms with Crippen molar-refractivity contribution in [1.29, 1.82) is 0 Å². The second kappa shape index (κ2) is 4.84. The Hall–Kier alpha value is -1.78. The molecule has 1 aromatic heterocycles. The van der Waals surface area contributed by atoms with Crippen LogP contribution in [0, 0.1) is 12.8 Å². The number of amides is 1. The van der Waals surface area contributed by atoms with Gasteiger partial charge in [-0.1, -0.05) is 0 Å². The molecule has 0 aliphatic carbocycles. The van der Waals surface area contributed by atoms with Crippen LogP contribution < -0.4 is 0 Å². The molecule has 0 unspecified atom stereocenters. The van der Waals surface area contributed by atoms with Gasteiger partial charge in [0.05, 0.1) is 12.2 Å². The highest BCUT2D eigenvalue weighted by Crippen LogP contribution is 2.26. The van der Waals surface area contributed by atoms with Crippen LogP contribution in [0.3, 0.4) is 0 Å². The average Bonchev–Trinajstić information content (AvgIpc) is 2.74. The Balaban J connectivity index is 2.20. The van der Waals surface area contributed by atoms with Crippen molar-refractivity contribution in [3.63, 3.8) is 0 Å². The molecule has 1 fully saturated rings. The van der Waals surface area contributed by atoms with Gasteiger partial charge in [-0.05, 0) is 32.8 Å². The van der Waals surface area contributed by atoms with Crippen LogP contribution >= 0.6 is 0 Å². The molecular formula is C13H17NO4. The number of hydrogen-bond acceptors (Lipinski definition) is 3. The fourth-order valence-corrected chi connectivity index (χ4v) is 2.48. The van der Waals surface area contributed by atoms with Gasteiger partial charge in [-0.2, -0.15) is 0 Å². The molecule has 0 radical (unpaired) electrons. The number of carbonyl (C=O) groups is 2. The first-order valence-corrected chi connectivity index (χ1v) is 6.10. The summed E-state index contributed by atoms with van der Waals surface area (Å²) in [6.45, 7) is 4.18. The fraction of sp³-hybridized carbons (Fsp3) is 0.538. The van der Waals surface area contributed by atoms with E-state index >= 15 is 0 Å². The Kier molecular flexibility index (Phi) is 3.41. The summed E-state index contributed by atoms with van der Waals surface area (Å²) >= 11 is 0. The van der Waals surface area contributed by atoms with E-state index in [1.54, 1.807) is 24.8 Å². The predicted molar refractivity (Wildman–Crippen MR) is 64.3 cm³/mol. The predicted octanol–water partition coefficient (Wildman–Crippen LogP) is 1.91. The van der Waals surface area contributed by atoms with E-state index in [4.69, 9.17) is 9.52 Å². The zero-order chi connectivity index (χ0) is 13.3. The molecule has 18 heavy (non-hydrogen) atoms.